The Bertz CT molecular complexity index is 2030. The van der Waals surface area contributed by atoms with E-state index in [1.165, 1.54) is 29.2 Å². The molecule has 2 unspecified atom stereocenters. The molecule has 1 aromatic rings. The van der Waals surface area contributed by atoms with E-state index in [0.29, 0.717) is 24.9 Å². The molecular formula is C41H64BN13O16. The van der Waals surface area contributed by atoms with E-state index >= 15 is 0 Å². The van der Waals surface area contributed by atoms with Crippen molar-refractivity contribution in [2.24, 2.45) is 16.5 Å². The molecule has 2 fully saturated rings. The van der Waals surface area contributed by atoms with Crippen molar-refractivity contribution in [1.82, 2.24) is 51.1 Å². The zero-order valence-corrected chi connectivity index (χ0v) is 39.1. The fraction of sp³-hybridized carbons (Fsp3) is 0.585. The van der Waals surface area contributed by atoms with Gasteiger partial charge in [-0.2, -0.15) is 0 Å². The van der Waals surface area contributed by atoms with Crippen LogP contribution >= 0.6 is 0 Å². The zero-order valence-electron chi connectivity index (χ0n) is 39.1. The Labute approximate surface area is 408 Å². The predicted octanol–water partition coefficient (Wildman–Crippen LogP) is -7.27. The number of hydrogen-bond acceptors (Lipinski definition) is 17. The minimum atomic E-state index is -1.70. The monoisotopic (exact) mass is 1010 g/mol. The highest BCUT2D eigenvalue weighted by Crippen LogP contribution is 2.18. The summed E-state index contributed by atoms with van der Waals surface area (Å²) < 4.78 is 0. The maximum absolute atomic E-state index is 13.5. The van der Waals surface area contributed by atoms with E-state index in [9.17, 15) is 78.4 Å². The number of aliphatic imine (C=N–C) groups is 1. The first-order valence-electron chi connectivity index (χ1n) is 22.6. The summed E-state index contributed by atoms with van der Waals surface area (Å²) in [6, 6.07) is 2.86. The van der Waals surface area contributed by atoms with Gasteiger partial charge in [0, 0.05) is 77.6 Å². The van der Waals surface area contributed by atoms with Crippen LogP contribution in [0.4, 0.5) is 0 Å². The minimum Gasteiger partial charge on any atom is -0.481 e. The third-order valence-corrected chi connectivity index (χ3v) is 11.2. The van der Waals surface area contributed by atoms with Crippen molar-refractivity contribution < 1.29 is 78.4 Å². The topological polar surface area (TPSA) is 433 Å². The van der Waals surface area contributed by atoms with Crippen LogP contribution in [0.5, 0.6) is 0 Å². The lowest BCUT2D eigenvalue weighted by atomic mass is 9.78. The third-order valence-electron chi connectivity index (χ3n) is 11.2. The Morgan fingerprint density at radius 3 is 1.59 bits per heavy atom. The number of likely N-dealkylation sites (tertiary alicyclic amines) is 1. The first kappa shape index (κ1) is 58.3. The SMILES string of the molecule is NC(N)=NCCC(NC(=O)CN1CCN(CC(=O)O)CCN(CC(=O)O)CCN(CC(=O)O)CC1)C(=O)NCC(=O)N[C@@H](CC(=O)O)C(=O)NCc1ccc(C(=O)NCC(=O)N2CCCC2B(O)O)cc1. The van der Waals surface area contributed by atoms with Crippen LogP contribution < -0.4 is 38.1 Å². The van der Waals surface area contributed by atoms with Gasteiger partial charge in [-0.25, -0.2) is 0 Å². The van der Waals surface area contributed by atoms with Gasteiger partial charge in [0.2, 0.25) is 29.5 Å². The molecule has 71 heavy (non-hydrogen) atoms. The lowest BCUT2D eigenvalue weighted by Gasteiger charge is -2.33. The molecule has 392 valence electrons. The zero-order chi connectivity index (χ0) is 52.6. The van der Waals surface area contributed by atoms with E-state index in [1.807, 2.05) is 0 Å². The van der Waals surface area contributed by atoms with Gasteiger partial charge in [-0.1, -0.05) is 12.1 Å². The van der Waals surface area contributed by atoms with Gasteiger partial charge in [-0.15, -0.1) is 0 Å². The lowest BCUT2D eigenvalue weighted by Crippen LogP contribution is -2.54. The second-order valence-corrected chi connectivity index (χ2v) is 16.7. The molecule has 2 aliphatic rings. The third kappa shape index (κ3) is 22.5. The largest absolute Gasteiger partial charge is 0.481 e. The summed E-state index contributed by atoms with van der Waals surface area (Å²) in [4.78, 5) is 136. The van der Waals surface area contributed by atoms with E-state index in [-0.39, 0.29) is 116 Å². The first-order valence-corrected chi connectivity index (χ1v) is 22.6. The second kappa shape index (κ2) is 29.9. The predicted molar refractivity (Wildman–Crippen MR) is 249 cm³/mol. The number of carboxylic acids is 4. The number of nitrogens with two attached hydrogens (primary N) is 2. The van der Waals surface area contributed by atoms with Gasteiger partial charge in [-0.3, -0.25) is 72.5 Å². The van der Waals surface area contributed by atoms with E-state index in [4.69, 9.17) is 11.5 Å². The fourth-order valence-electron chi connectivity index (χ4n) is 7.60. The van der Waals surface area contributed by atoms with Gasteiger partial charge in [0.1, 0.15) is 12.1 Å². The van der Waals surface area contributed by atoms with Gasteiger partial charge in [0.15, 0.2) is 5.96 Å². The van der Waals surface area contributed by atoms with Crippen LogP contribution in [0.15, 0.2) is 29.3 Å². The summed E-state index contributed by atoms with van der Waals surface area (Å²) in [5.74, 6) is -10.4. The number of carboxylic acid groups (broad SMARTS) is 4. The van der Waals surface area contributed by atoms with Crippen LogP contribution in [0, 0.1) is 0 Å². The molecule has 1 aromatic carbocycles. The standard InChI is InChI=1S/C41H64BN13O16/c43-41(44)45-8-7-28(49-32(57)22-51-10-12-52(23-35(61)62)14-16-54(25-37(65)66)17-15-53(13-11-51)24-36(63)64)39(68)47-20-31(56)50-29(18-34(59)60)40(69)46-19-26-3-5-27(6-4-26)38(67)48-21-33(58)55-9-1-2-30(55)42(70)71/h3-6,28-30,70-71H,1-2,7-25H2,(H,46,69)(H,47,68)(H,48,67)(H,49,57)(H,50,56)(H,59,60)(H,61,62)(H,63,64)(H,65,66)(H4,43,44,45)/t28?,29-,30?/m0/s1. The highest BCUT2D eigenvalue weighted by atomic mass is 16.4. The van der Waals surface area contributed by atoms with Crippen LogP contribution in [-0.2, 0) is 49.7 Å². The molecule has 2 aliphatic heterocycles. The van der Waals surface area contributed by atoms with Crippen molar-refractivity contribution in [3.8, 4) is 0 Å². The number of amides is 6. The van der Waals surface area contributed by atoms with E-state index < -0.39 is 97.4 Å². The lowest BCUT2D eigenvalue weighted by molar-refractivity contribution is -0.141. The summed E-state index contributed by atoms with van der Waals surface area (Å²) in [5, 5.41) is 69.1. The molecule has 0 saturated carbocycles. The smallest absolute Gasteiger partial charge is 0.475 e. The second-order valence-electron chi connectivity index (χ2n) is 16.7. The Morgan fingerprint density at radius 1 is 0.620 bits per heavy atom. The number of aliphatic carboxylic acids is 4. The average Bonchev–Trinajstić information content (AvgIpc) is 3.80. The number of hydrogen-bond donors (Lipinski definition) is 13. The molecule has 6 amide bonds. The molecular weight excluding hydrogens is 941 g/mol. The van der Waals surface area contributed by atoms with Gasteiger partial charge >= 0.3 is 31.0 Å². The summed E-state index contributed by atoms with van der Waals surface area (Å²) >= 11 is 0. The molecule has 0 aromatic heterocycles. The first-order chi connectivity index (χ1) is 33.6. The Balaban J connectivity index is 1.61. The molecule has 3 atom stereocenters. The van der Waals surface area contributed by atoms with Gasteiger partial charge in [-0.05, 0) is 37.0 Å². The summed E-state index contributed by atoms with van der Waals surface area (Å²) in [7, 11) is -1.70. The molecule has 0 aliphatic carbocycles. The number of guanidine groups is 1. The number of benzene rings is 1. The Morgan fingerprint density at radius 2 is 1.11 bits per heavy atom. The normalized spacial score (nSPS) is 17.2. The number of rotatable bonds is 25. The maximum Gasteiger partial charge on any atom is 0.475 e. The molecule has 15 N–H and O–H groups in total. The molecule has 3 rings (SSSR count). The molecule has 2 heterocycles. The van der Waals surface area contributed by atoms with E-state index in [2.05, 4.69) is 31.6 Å². The Hall–Kier alpha value is -6.99. The Kier molecular flexibility index (Phi) is 24.6. The van der Waals surface area contributed by atoms with Crippen LogP contribution in [0.25, 0.3) is 0 Å². The number of nitrogens with one attached hydrogen (secondary N) is 5. The molecule has 30 heteroatoms. The van der Waals surface area contributed by atoms with Crippen LogP contribution in [0.3, 0.4) is 0 Å². The summed E-state index contributed by atoms with van der Waals surface area (Å²) in [6.45, 7) is -1.58. The quantitative estimate of drug-likeness (QED) is 0.0246. The maximum atomic E-state index is 13.5. The molecule has 0 bridgehead atoms. The van der Waals surface area contributed by atoms with Crippen molar-refractivity contribution in [3.05, 3.63) is 35.4 Å². The van der Waals surface area contributed by atoms with Crippen LogP contribution in [-0.4, -0.2) is 250 Å². The highest BCUT2D eigenvalue weighted by Gasteiger charge is 2.37. The van der Waals surface area contributed by atoms with Crippen molar-refractivity contribution in [1.29, 1.82) is 0 Å². The van der Waals surface area contributed by atoms with Crippen molar-refractivity contribution in [3.63, 3.8) is 0 Å². The molecule has 0 spiro atoms. The van der Waals surface area contributed by atoms with Crippen molar-refractivity contribution in [2.75, 3.05) is 105 Å². The van der Waals surface area contributed by atoms with Gasteiger partial charge < -0.3 is 73.4 Å². The van der Waals surface area contributed by atoms with Crippen molar-refractivity contribution in [2.45, 2.75) is 50.3 Å². The highest BCUT2D eigenvalue weighted by molar-refractivity contribution is 6.43. The van der Waals surface area contributed by atoms with Crippen LogP contribution in [0.2, 0.25) is 0 Å². The van der Waals surface area contributed by atoms with E-state index in [0.717, 1.165) is 0 Å². The summed E-state index contributed by atoms with van der Waals surface area (Å²) in [5.41, 5.74) is 11.5. The van der Waals surface area contributed by atoms with E-state index in [1.54, 1.807) is 19.6 Å². The number of carbonyl (C=O) groups is 10. The summed E-state index contributed by atoms with van der Waals surface area (Å²) in [6.07, 6.45) is -0.0207. The fourth-order valence-corrected chi connectivity index (χ4v) is 7.60. The van der Waals surface area contributed by atoms with Crippen molar-refractivity contribution >= 4 is 72.4 Å². The molecule has 2 saturated heterocycles. The minimum absolute atomic E-state index is 0.104. The number of carbonyl (C=O) groups excluding carboxylic acids is 6. The van der Waals surface area contributed by atoms with Gasteiger partial charge in [0.05, 0.1) is 51.6 Å². The average molecular weight is 1010 g/mol. The molecule has 29 nitrogen and oxygen atoms in total. The van der Waals surface area contributed by atoms with Crippen LogP contribution in [0.1, 0.15) is 41.6 Å². The molecule has 0 radical (unpaired) electrons. The van der Waals surface area contributed by atoms with Gasteiger partial charge in [0.25, 0.3) is 5.91 Å². The number of nitrogens with zero attached hydrogens (tertiary/aromatic N) is 6.